The van der Waals surface area contributed by atoms with Gasteiger partial charge in [-0.15, -0.1) is 5.10 Å². The molecule has 7 heteroatoms. The predicted octanol–water partition coefficient (Wildman–Crippen LogP) is 5.78. The fraction of sp³-hybridized carbons (Fsp3) is 0.103. The van der Waals surface area contributed by atoms with Crippen LogP contribution >= 0.6 is 0 Å². The molecule has 0 saturated carbocycles. The minimum Gasteiger partial charge on any atom is -0.465 e. The lowest BCUT2D eigenvalue weighted by Crippen LogP contribution is -2.31. The Balaban J connectivity index is 1.26. The van der Waals surface area contributed by atoms with E-state index in [2.05, 4.69) is 15.3 Å². The lowest BCUT2D eigenvalue weighted by Gasteiger charge is -2.22. The standard InChI is InChI=1S/C29H25N5O2/c35-29(36)34(28-11-5-4-10-26(28)24-7-2-1-3-8-24)18-16-22-12-14-23(15-13-22)20-33-21-27(31-32-33)25-9-6-17-30-19-25/h1-15,17,19,21H,16,18,20H2,(H,35,36). The second-order valence-electron chi connectivity index (χ2n) is 8.43. The van der Waals surface area contributed by atoms with Gasteiger partial charge in [0.05, 0.1) is 18.4 Å². The maximum atomic E-state index is 12.2. The number of rotatable bonds is 8. The van der Waals surface area contributed by atoms with E-state index in [1.165, 1.54) is 4.90 Å². The van der Waals surface area contributed by atoms with Crippen LogP contribution in [-0.2, 0) is 13.0 Å². The van der Waals surface area contributed by atoms with Crippen LogP contribution in [0.4, 0.5) is 10.5 Å². The van der Waals surface area contributed by atoms with Gasteiger partial charge in [-0.05, 0) is 41.3 Å². The van der Waals surface area contributed by atoms with Gasteiger partial charge in [-0.3, -0.25) is 9.88 Å². The summed E-state index contributed by atoms with van der Waals surface area (Å²) in [7, 11) is 0. The first kappa shape index (κ1) is 23.0. The molecule has 5 aromatic rings. The van der Waals surface area contributed by atoms with Gasteiger partial charge in [-0.1, -0.05) is 78.0 Å². The van der Waals surface area contributed by atoms with Crippen molar-refractivity contribution in [1.29, 1.82) is 0 Å². The Bertz CT molecular complexity index is 1430. The third kappa shape index (κ3) is 5.31. The molecule has 2 aromatic heterocycles. The van der Waals surface area contributed by atoms with Gasteiger partial charge >= 0.3 is 6.09 Å². The zero-order chi connectivity index (χ0) is 24.7. The van der Waals surface area contributed by atoms with Crippen LogP contribution in [-0.4, -0.2) is 37.7 Å². The number of pyridine rings is 1. The molecule has 0 spiro atoms. The Morgan fingerprint density at radius 1 is 0.833 bits per heavy atom. The van der Waals surface area contributed by atoms with Gasteiger partial charge in [0.2, 0.25) is 0 Å². The molecule has 0 aliphatic heterocycles. The third-order valence-electron chi connectivity index (χ3n) is 6.00. The van der Waals surface area contributed by atoms with Gasteiger partial charge in [0.25, 0.3) is 0 Å². The summed E-state index contributed by atoms with van der Waals surface area (Å²) in [5.41, 5.74) is 6.43. The molecule has 0 fully saturated rings. The van der Waals surface area contributed by atoms with E-state index in [1.54, 1.807) is 17.1 Å². The fourth-order valence-corrected chi connectivity index (χ4v) is 4.15. The van der Waals surface area contributed by atoms with Crippen molar-refractivity contribution in [2.24, 2.45) is 0 Å². The smallest absolute Gasteiger partial charge is 0.411 e. The van der Waals surface area contributed by atoms with Crippen LogP contribution in [0.5, 0.6) is 0 Å². The van der Waals surface area contributed by atoms with Crippen LogP contribution in [0.15, 0.2) is 110 Å². The summed E-state index contributed by atoms with van der Waals surface area (Å²) in [6.45, 7) is 0.954. The molecule has 0 atom stereocenters. The summed E-state index contributed by atoms with van der Waals surface area (Å²) in [6.07, 6.45) is 5.03. The van der Waals surface area contributed by atoms with E-state index in [1.807, 2.05) is 97.2 Å². The molecule has 1 amide bonds. The molecule has 7 nitrogen and oxygen atoms in total. The normalized spacial score (nSPS) is 10.8. The zero-order valence-electron chi connectivity index (χ0n) is 19.6. The topological polar surface area (TPSA) is 84.1 Å². The van der Waals surface area contributed by atoms with E-state index in [0.29, 0.717) is 25.2 Å². The summed E-state index contributed by atoms with van der Waals surface area (Å²) in [5.74, 6) is 0. The third-order valence-corrected chi connectivity index (χ3v) is 6.00. The van der Waals surface area contributed by atoms with Crippen LogP contribution < -0.4 is 4.90 Å². The summed E-state index contributed by atoms with van der Waals surface area (Å²) >= 11 is 0. The molecular formula is C29H25N5O2. The molecule has 0 saturated heterocycles. The van der Waals surface area contributed by atoms with E-state index in [9.17, 15) is 9.90 Å². The lowest BCUT2D eigenvalue weighted by atomic mass is 10.0. The molecular weight excluding hydrogens is 450 g/mol. The lowest BCUT2D eigenvalue weighted by molar-refractivity contribution is 0.202. The van der Waals surface area contributed by atoms with Gasteiger partial charge in [-0.2, -0.15) is 0 Å². The first-order chi connectivity index (χ1) is 17.7. The van der Waals surface area contributed by atoms with E-state index < -0.39 is 6.09 Å². The number of amides is 1. The summed E-state index contributed by atoms with van der Waals surface area (Å²) in [5, 5.41) is 18.4. The van der Waals surface area contributed by atoms with Crippen molar-refractivity contribution < 1.29 is 9.90 Å². The Hall–Kier alpha value is -4.78. The summed E-state index contributed by atoms with van der Waals surface area (Å²) in [6, 6.07) is 29.5. The second kappa shape index (κ2) is 10.7. The van der Waals surface area contributed by atoms with Crippen molar-refractivity contribution in [3.05, 3.63) is 121 Å². The van der Waals surface area contributed by atoms with Crippen molar-refractivity contribution in [3.63, 3.8) is 0 Å². The number of nitrogens with zero attached hydrogens (tertiary/aromatic N) is 5. The molecule has 5 rings (SSSR count). The number of anilines is 1. The molecule has 0 aliphatic rings. The Morgan fingerprint density at radius 2 is 1.56 bits per heavy atom. The highest BCUT2D eigenvalue weighted by molar-refractivity contribution is 5.92. The monoisotopic (exact) mass is 475 g/mol. The predicted molar refractivity (Wildman–Crippen MR) is 140 cm³/mol. The van der Waals surface area contributed by atoms with Gasteiger partial charge in [-0.25, -0.2) is 9.48 Å². The molecule has 36 heavy (non-hydrogen) atoms. The molecule has 3 aromatic carbocycles. The first-order valence-corrected chi connectivity index (χ1v) is 11.7. The van der Waals surface area contributed by atoms with Crippen molar-refractivity contribution in [1.82, 2.24) is 20.0 Å². The van der Waals surface area contributed by atoms with Crippen LogP contribution in [0.3, 0.4) is 0 Å². The Morgan fingerprint density at radius 3 is 2.31 bits per heavy atom. The molecule has 0 bridgehead atoms. The van der Waals surface area contributed by atoms with Crippen LogP contribution in [0, 0.1) is 0 Å². The van der Waals surface area contributed by atoms with Crippen LogP contribution in [0.1, 0.15) is 11.1 Å². The minimum atomic E-state index is -0.967. The number of benzene rings is 3. The number of hydrogen-bond acceptors (Lipinski definition) is 4. The molecule has 0 radical (unpaired) electrons. The number of carboxylic acid groups (broad SMARTS) is 1. The van der Waals surface area contributed by atoms with Gasteiger partial charge < -0.3 is 5.11 Å². The molecule has 178 valence electrons. The van der Waals surface area contributed by atoms with Crippen molar-refractivity contribution in [2.45, 2.75) is 13.0 Å². The maximum absolute atomic E-state index is 12.2. The Kier molecular flexibility index (Phi) is 6.80. The fourth-order valence-electron chi connectivity index (χ4n) is 4.15. The highest BCUT2D eigenvalue weighted by Gasteiger charge is 2.18. The summed E-state index contributed by atoms with van der Waals surface area (Å²) in [4.78, 5) is 17.7. The van der Waals surface area contributed by atoms with E-state index in [0.717, 1.165) is 33.5 Å². The number of carbonyl (C=O) groups is 1. The zero-order valence-corrected chi connectivity index (χ0v) is 19.6. The quantitative estimate of drug-likeness (QED) is 0.307. The van der Waals surface area contributed by atoms with E-state index in [-0.39, 0.29) is 0 Å². The second-order valence-corrected chi connectivity index (χ2v) is 8.43. The van der Waals surface area contributed by atoms with Crippen molar-refractivity contribution >= 4 is 11.8 Å². The Labute approximate surface area is 209 Å². The largest absolute Gasteiger partial charge is 0.465 e. The van der Waals surface area contributed by atoms with Crippen LogP contribution in [0.2, 0.25) is 0 Å². The van der Waals surface area contributed by atoms with Gasteiger partial charge in [0.1, 0.15) is 5.69 Å². The van der Waals surface area contributed by atoms with Gasteiger partial charge in [0, 0.05) is 30.1 Å². The maximum Gasteiger partial charge on any atom is 0.411 e. The van der Waals surface area contributed by atoms with E-state index >= 15 is 0 Å². The minimum absolute atomic E-state index is 0.357. The highest BCUT2D eigenvalue weighted by atomic mass is 16.4. The molecule has 1 N–H and O–H groups in total. The highest BCUT2D eigenvalue weighted by Crippen LogP contribution is 2.31. The average Bonchev–Trinajstić information content (AvgIpc) is 3.39. The van der Waals surface area contributed by atoms with Gasteiger partial charge in [0.15, 0.2) is 0 Å². The number of para-hydroxylation sites is 1. The molecule has 0 aliphatic carbocycles. The number of aromatic nitrogens is 4. The van der Waals surface area contributed by atoms with Crippen molar-refractivity contribution in [3.8, 4) is 22.4 Å². The van der Waals surface area contributed by atoms with Crippen LogP contribution in [0.25, 0.3) is 22.4 Å². The molecule has 2 heterocycles. The van der Waals surface area contributed by atoms with Crippen molar-refractivity contribution in [2.75, 3.05) is 11.4 Å². The van der Waals surface area contributed by atoms with E-state index in [4.69, 9.17) is 0 Å². The average molecular weight is 476 g/mol. The number of hydrogen-bond donors (Lipinski definition) is 1. The molecule has 0 unspecified atom stereocenters. The SMILES string of the molecule is O=C(O)N(CCc1ccc(Cn2cc(-c3cccnc3)nn2)cc1)c1ccccc1-c1ccccc1. The summed E-state index contributed by atoms with van der Waals surface area (Å²) < 4.78 is 1.80. The first-order valence-electron chi connectivity index (χ1n) is 11.7.